The van der Waals surface area contributed by atoms with Crippen molar-refractivity contribution in [2.45, 2.75) is 20.5 Å². The van der Waals surface area contributed by atoms with E-state index in [0.717, 1.165) is 17.5 Å². The number of hydrogen-bond donors (Lipinski definition) is 0. The zero-order valence-electron chi connectivity index (χ0n) is 12.5. The molecule has 0 fully saturated rings. The molecule has 1 aromatic heterocycles. The second-order valence-electron chi connectivity index (χ2n) is 4.78. The van der Waals surface area contributed by atoms with Crippen molar-refractivity contribution < 1.29 is 69.1 Å². The Bertz CT molecular complexity index is 628. The maximum absolute atomic E-state index is 12.7. The molecule has 2 rings (SSSR count). The minimum atomic E-state index is -4.98. The third-order valence-electron chi connectivity index (χ3n) is 3.08. The summed E-state index contributed by atoms with van der Waals surface area (Å²) >= 11 is 0. The van der Waals surface area contributed by atoms with Gasteiger partial charge < -0.3 is 17.7 Å². The topological polar surface area (TPSA) is 27.1 Å². The second-order valence-corrected chi connectivity index (χ2v) is 4.78. The summed E-state index contributed by atoms with van der Waals surface area (Å²) in [6.07, 6.45) is 0. The summed E-state index contributed by atoms with van der Waals surface area (Å²) in [5, 5.41) is 4.18. The molecule has 0 unspecified atom stereocenters. The first-order valence-corrected chi connectivity index (χ1v) is 6.20. The zero-order chi connectivity index (χ0) is 14.9. The van der Waals surface area contributed by atoms with Crippen LogP contribution in [0.3, 0.4) is 0 Å². The predicted octanol–water partition coefficient (Wildman–Crippen LogP) is -0.326. The summed E-state index contributed by atoms with van der Waals surface area (Å²) in [6, 6.07) is 5.70. The molecule has 8 heteroatoms. The normalized spacial score (nSPS) is 11.1. The van der Waals surface area contributed by atoms with Gasteiger partial charge in [-0.25, -0.2) is 0 Å². The van der Waals surface area contributed by atoms with Gasteiger partial charge in [0.25, 0.3) is 0 Å². The Morgan fingerprint density at radius 3 is 2.33 bits per heavy atom. The van der Waals surface area contributed by atoms with Crippen LogP contribution in [-0.4, -0.2) is 16.8 Å². The van der Waals surface area contributed by atoms with Crippen LogP contribution in [0.15, 0.2) is 24.3 Å². The maximum Gasteiger partial charge on any atom is 1.00 e. The van der Waals surface area contributed by atoms with E-state index in [2.05, 4.69) is 5.10 Å². The standard InChI is InChI=1S/C13H15BF3N2O.K/c1-9-6-12(4-5-13(9)14(15,16)17)20-8-11-7-10(2)18-19(11)3;/h4-7H,8H2,1-3H3;/q-1;+1. The van der Waals surface area contributed by atoms with Gasteiger partial charge in [0, 0.05) is 7.05 Å². The van der Waals surface area contributed by atoms with Gasteiger partial charge in [0.15, 0.2) is 0 Å². The number of benzene rings is 1. The van der Waals surface area contributed by atoms with E-state index in [9.17, 15) is 12.9 Å². The number of nitrogens with zero attached hydrogens (tertiary/aromatic N) is 2. The summed E-state index contributed by atoms with van der Waals surface area (Å²) in [7, 11) is 1.80. The van der Waals surface area contributed by atoms with E-state index < -0.39 is 12.4 Å². The Kier molecular flexibility index (Phi) is 6.55. The number of ether oxygens (including phenoxy) is 1. The molecule has 2 aromatic rings. The molecule has 3 nitrogen and oxygen atoms in total. The zero-order valence-corrected chi connectivity index (χ0v) is 15.7. The van der Waals surface area contributed by atoms with Crippen LogP contribution in [0.2, 0.25) is 0 Å². The quantitative estimate of drug-likeness (QED) is 0.721. The Morgan fingerprint density at radius 2 is 1.86 bits per heavy atom. The molecule has 0 N–H and O–H groups in total. The molecule has 0 radical (unpaired) electrons. The number of hydrogen-bond acceptors (Lipinski definition) is 2. The van der Waals surface area contributed by atoms with Gasteiger partial charge in [0.05, 0.1) is 11.4 Å². The van der Waals surface area contributed by atoms with Crippen molar-refractivity contribution in [1.82, 2.24) is 9.78 Å². The van der Waals surface area contributed by atoms with Crippen LogP contribution in [0, 0.1) is 13.8 Å². The molecule has 21 heavy (non-hydrogen) atoms. The van der Waals surface area contributed by atoms with Gasteiger partial charge in [0.1, 0.15) is 12.4 Å². The largest absolute Gasteiger partial charge is 1.00 e. The van der Waals surface area contributed by atoms with Gasteiger partial charge in [-0.15, -0.1) is 5.46 Å². The van der Waals surface area contributed by atoms with Crippen molar-refractivity contribution in [3.05, 3.63) is 41.2 Å². The van der Waals surface area contributed by atoms with Gasteiger partial charge in [-0.05, 0) is 32.0 Å². The van der Waals surface area contributed by atoms with E-state index in [1.165, 1.54) is 19.1 Å². The number of rotatable bonds is 4. The van der Waals surface area contributed by atoms with Gasteiger partial charge in [-0.3, -0.25) is 4.68 Å². The minimum Gasteiger partial charge on any atom is -0.487 e. The van der Waals surface area contributed by atoms with Crippen LogP contribution in [0.25, 0.3) is 0 Å². The van der Waals surface area contributed by atoms with E-state index in [-0.39, 0.29) is 63.6 Å². The average Bonchev–Trinajstić information content (AvgIpc) is 2.63. The van der Waals surface area contributed by atoms with Crippen LogP contribution >= 0.6 is 0 Å². The third kappa shape index (κ3) is 4.85. The number of aromatic nitrogens is 2. The average molecular weight is 322 g/mol. The Balaban J connectivity index is 0.00000220. The van der Waals surface area contributed by atoms with Crippen LogP contribution in [-0.2, 0) is 13.7 Å². The molecule has 0 saturated carbocycles. The van der Waals surface area contributed by atoms with E-state index in [1.54, 1.807) is 11.7 Å². The molecule has 0 aliphatic rings. The van der Waals surface area contributed by atoms with Crippen molar-refractivity contribution in [2.75, 3.05) is 0 Å². The monoisotopic (exact) mass is 322 g/mol. The Hall–Kier alpha value is -0.279. The van der Waals surface area contributed by atoms with Crippen molar-refractivity contribution in [1.29, 1.82) is 0 Å². The first-order valence-electron chi connectivity index (χ1n) is 6.20. The summed E-state index contributed by atoms with van der Waals surface area (Å²) in [5.41, 5.74) is 1.34. The van der Waals surface area contributed by atoms with E-state index in [0.29, 0.717) is 5.75 Å². The smallest absolute Gasteiger partial charge is 0.487 e. The minimum absolute atomic E-state index is 0. The fraction of sp³-hybridized carbons (Fsp3) is 0.308. The fourth-order valence-electron chi connectivity index (χ4n) is 2.06. The van der Waals surface area contributed by atoms with Crippen molar-refractivity contribution in [3.8, 4) is 5.75 Å². The molecular formula is C13H15BF3KN2O. The number of aryl methyl sites for hydroxylation is 3. The van der Waals surface area contributed by atoms with Gasteiger partial charge in [0.2, 0.25) is 0 Å². The molecule has 0 aliphatic carbocycles. The van der Waals surface area contributed by atoms with Gasteiger partial charge in [-0.2, -0.15) is 5.10 Å². The summed E-state index contributed by atoms with van der Waals surface area (Å²) < 4.78 is 45.3. The third-order valence-corrected chi connectivity index (χ3v) is 3.08. The van der Waals surface area contributed by atoms with Crippen LogP contribution < -0.4 is 61.6 Å². The van der Waals surface area contributed by atoms with Gasteiger partial charge in [-0.1, -0.05) is 11.6 Å². The first-order chi connectivity index (χ1) is 9.27. The fourth-order valence-corrected chi connectivity index (χ4v) is 2.06. The molecule has 108 valence electrons. The second kappa shape index (κ2) is 7.32. The molecular weight excluding hydrogens is 307 g/mol. The molecule has 0 bridgehead atoms. The molecule has 1 aromatic carbocycles. The van der Waals surface area contributed by atoms with E-state index >= 15 is 0 Å². The van der Waals surface area contributed by atoms with E-state index in [4.69, 9.17) is 4.74 Å². The predicted molar refractivity (Wildman–Crippen MR) is 72.2 cm³/mol. The SMILES string of the molecule is Cc1cc(COc2ccc([B-](F)(F)F)c(C)c2)n(C)n1.[K+]. The van der Waals surface area contributed by atoms with Crippen molar-refractivity contribution >= 4 is 12.4 Å². The molecule has 0 atom stereocenters. The van der Waals surface area contributed by atoms with Crippen LogP contribution in [0.5, 0.6) is 5.75 Å². The molecule has 1 heterocycles. The first kappa shape index (κ1) is 18.8. The molecule has 0 saturated heterocycles. The van der Waals surface area contributed by atoms with E-state index in [1.807, 2.05) is 13.0 Å². The summed E-state index contributed by atoms with van der Waals surface area (Å²) in [5.74, 6) is 0.421. The van der Waals surface area contributed by atoms with Crippen molar-refractivity contribution in [3.63, 3.8) is 0 Å². The molecule has 0 amide bonds. The molecule has 0 spiro atoms. The Morgan fingerprint density at radius 1 is 1.19 bits per heavy atom. The van der Waals surface area contributed by atoms with Crippen LogP contribution in [0.4, 0.5) is 12.9 Å². The molecule has 0 aliphatic heterocycles. The van der Waals surface area contributed by atoms with Gasteiger partial charge >= 0.3 is 58.4 Å². The van der Waals surface area contributed by atoms with Crippen molar-refractivity contribution in [2.24, 2.45) is 7.05 Å². The summed E-state index contributed by atoms with van der Waals surface area (Å²) in [6.45, 7) is -1.40. The Labute approximate surface area is 164 Å². The maximum atomic E-state index is 12.7. The number of halogens is 3. The van der Waals surface area contributed by atoms with Crippen LogP contribution in [0.1, 0.15) is 17.0 Å². The summed E-state index contributed by atoms with van der Waals surface area (Å²) in [4.78, 5) is 0.